The molecule has 0 aliphatic carbocycles. The Kier molecular flexibility index (Phi) is 3.33. The maximum absolute atomic E-state index is 10.9. The maximum atomic E-state index is 10.9. The average molecular weight is 183 g/mol. The van der Waals surface area contributed by atoms with Gasteiger partial charge in [-0.05, 0) is 12.1 Å². The van der Waals surface area contributed by atoms with Crippen LogP contribution in [0.1, 0.15) is 5.69 Å². The zero-order valence-electron chi connectivity index (χ0n) is 7.70. The summed E-state index contributed by atoms with van der Waals surface area (Å²) in [7, 11) is 3.31. The predicted octanol–water partition coefficient (Wildman–Crippen LogP) is 0.386. The molecule has 0 aromatic carbocycles. The highest BCUT2D eigenvalue weighted by molar-refractivity contribution is 5.72. The van der Waals surface area contributed by atoms with Crippen molar-refractivity contribution in [2.45, 2.75) is 6.54 Å². The molecule has 1 rings (SSSR count). The maximum Gasteiger partial charge on any atom is 0.339 e. The first kappa shape index (κ1) is 9.60. The third-order valence-corrected chi connectivity index (χ3v) is 1.68. The lowest BCUT2D eigenvalue weighted by atomic mass is 10.4. The first-order valence-electron chi connectivity index (χ1n) is 3.91. The number of hydrogen-bond donors (Lipinski definition) is 2. The molecule has 1 aromatic rings. The van der Waals surface area contributed by atoms with E-state index in [0.29, 0.717) is 6.54 Å². The predicted molar refractivity (Wildman–Crippen MR) is 47.8 cm³/mol. The van der Waals surface area contributed by atoms with Crippen molar-refractivity contribution in [3.05, 3.63) is 24.0 Å². The van der Waals surface area contributed by atoms with E-state index in [-0.39, 0.29) is 6.03 Å². The Morgan fingerprint density at radius 1 is 1.69 bits per heavy atom. The fourth-order valence-corrected chi connectivity index (χ4v) is 0.980. The van der Waals surface area contributed by atoms with Gasteiger partial charge in [-0.25, -0.2) is 10.3 Å². The molecule has 5 heteroatoms. The molecule has 0 bridgehead atoms. The van der Waals surface area contributed by atoms with E-state index in [0.717, 1.165) is 5.69 Å². The summed E-state index contributed by atoms with van der Waals surface area (Å²) in [6.07, 6.45) is 1.92. The molecule has 0 aliphatic rings. The number of carbonyl (C=O) groups is 1. The highest BCUT2D eigenvalue weighted by Gasteiger charge is 2.00. The number of hydroxylamine groups is 1. The van der Waals surface area contributed by atoms with Crippen LogP contribution in [0.2, 0.25) is 0 Å². The quantitative estimate of drug-likeness (QED) is 0.666. The lowest BCUT2D eigenvalue weighted by Gasteiger charge is -2.05. The molecule has 1 heterocycles. The summed E-state index contributed by atoms with van der Waals surface area (Å²) in [6, 6.07) is 3.52. The van der Waals surface area contributed by atoms with Crippen LogP contribution in [0.15, 0.2) is 18.3 Å². The number of hydrogen-bond acceptors (Lipinski definition) is 2. The van der Waals surface area contributed by atoms with Gasteiger partial charge >= 0.3 is 6.03 Å². The molecule has 5 nitrogen and oxygen atoms in total. The Hall–Kier alpha value is -1.49. The fourth-order valence-electron chi connectivity index (χ4n) is 0.980. The van der Waals surface area contributed by atoms with Gasteiger partial charge in [-0.2, -0.15) is 0 Å². The van der Waals surface area contributed by atoms with E-state index in [9.17, 15) is 4.79 Å². The number of aromatic nitrogens is 1. The molecular formula is C8H13N3O2. The van der Waals surface area contributed by atoms with Crippen LogP contribution in [0.5, 0.6) is 0 Å². The molecule has 72 valence electrons. The van der Waals surface area contributed by atoms with Crippen LogP contribution < -0.4 is 10.8 Å². The molecule has 2 N–H and O–H groups in total. The smallest absolute Gasteiger partial charge is 0.339 e. The molecule has 2 amide bonds. The summed E-state index contributed by atoms with van der Waals surface area (Å²) in [5.41, 5.74) is 3.20. The van der Waals surface area contributed by atoms with Gasteiger partial charge in [0.2, 0.25) is 0 Å². The highest BCUT2D eigenvalue weighted by Crippen LogP contribution is 1.97. The molecule has 0 aliphatic heterocycles. The topological polar surface area (TPSA) is 55.3 Å². The number of urea groups is 1. The fraction of sp³-hybridized carbons (Fsp3) is 0.375. The van der Waals surface area contributed by atoms with E-state index < -0.39 is 0 Å². The third kappa shape index (κ3) is 2.79. The van der Waals surface area contributed by atoms with Gasteiger partial charge in [0.25, 0.3) is 0 Å². The van der Waals surface area contributed by atoms with Gasteiger partial charge in [0.1, 0.15) is 0 Å². The Labute approximate surface area is 76.6 Å². The van der Waals surface area contributed by atoms with Crippen LogP contribution in [0, 0.1) is 0 Å². The van der Waals surface area contributed by atoms with Crippen LogP contribution in [-0.2, 0) is 18.4 Å². The first-order chi connectivity index (χ1) is 6.24. The highest BCUT2D eigenvalue weighted by atomic mass is 16.6. The van der Waals surface area contributed by atoms with Gasteiger partial charge < -0.3 is 9.88 Å². The van der Waals surface area contributed by atoms with Gasteiger partial charge in [0, 0.05) is 18.9 Å². The molecular weight excluding hydrogens is 170 g/mol. The van der Waals surface area contributed by atoms with Gasteiger partial charge in [0.15, 0.2) is 0 Å². The monoisotopic (exact) mass is 183 g/mol. The molecule has 0 unspecified atom stereocenters. The Bertz CT molecular complexity index is 283. The summed E-state index contributed by atoms with van der Waals surface area (Å²) in [4.78, 5) is 15.3. The summed E-state index contributed by atoms with van der Waals surface area (Å²) < 4.78 is 1.94. The number of carbonyl (C=O) groups excluding carboxylic acids is 1. The Morgan fingerprint density at radius 3 is 3.00 bits per heavy atom. The van der Waals surface area contributed by atoms with Crippen molar-refractivity contribution in [2.75, 3.05) is 7.11 Å². The Balaban J connectivity index is 2.35. The van der Waals surface area contributed by atoms with E-state index in [1.165, 1.54) is 7.11 Å². The molecule has 0 radical (unpaired) electrons. The lowest BCUT2D eigenvalue weighted by Crippen LogP contribution is -2.34. The summed E-state index contributed by atoms with van der Waals surface area (Å²) in [5.74, 6) is 0. The van der Waals surface area contributed by atoms with Crippen LogP contribution in [-0.4, -0.2) is 17.7 Å². The van der Waals surface area contributed by atoms with E-state index in [1.54, 1.807) is 0 Å². The molecule has 0 saturated carbocycles. The van der Waals surface area contributed by atoms with Crippen molar-refractivity contribution in [3.8, 4) is 0 Å². The number of nitrogens with zero attached hydrogens (tertiary/aromatic N) is 1. The Morgan fingerprint density at radius 2 is 2.46 bits per heavy atom. The summed E-state index contributed by atoms with van der Waals surface area (Å²) in [5, 5.41) is 2.63. The SMILES string of the molecule is CONC(=O)NCc1cccn1C. The van der Waals surface area contributed by atoms with Gasteiger partial charge in [-0.3, -0.25) is 4.84 Å². The minimum atomic E-state index is -0.344. The molecule has 0 spiro atoms. The largest absolute Gasteiger partial charge is 0.353 e. The third-order valence-electron chi connectivity index (χ3n) is 1.68. The molecule has 1 aromatic heterocycles. The number of amides is 2. The van der Waals surface area contributed by atoms with E-state index in [2.05, 4.69) is 15.6 Å². The van der Waals surface area contributed by atoms with Crippen LogP contribution >= 0.6 is 0 Å². The van der Waals surface area contributed by atoms with Crippen molar-refractivity contribution >= 4 is 6.03 Å². The summed E-state index contributed by atoms with van der Waals surface area (Å²) in [6.45, 7) is 0.485. The van der Waals surface area contributed by atoms with Crippen molar-refractivity contribution in [1.82, 2.24) is 15.4 Å². The van der Waals surface area contributed by atoms with E-state index >= 15 is 0 Å². The number of nitrogens with one attached hydrogen (secondary N) is 2. The zero-order valence-corrected chi connectivity index (χ0v) is 7.70. The second kappa shape index (κ2) is 4.51. The van der Waals surface area contributed by atoms with E-state index in [1.807, 2.05) is 29.9 Å². The van der Waals surface area contributed by atoms with Crippen LogP contribution in [0.4, 0.5) is 4.79 Å². The first-order valence-corrected chi connectivity index (χ1v) is 3.91. The number of rotatable bonds is 3. The van der Waals surface area contributed by atoms with Crippen LogP contribution in [0.3, 0.4) is 0 Å². The molecule has 13 heavy (non-hydrogen) atoms. The zero-order chi connectivity index (χ0) is 9.68. The average Bonchev–Trinajstić information content (AvgIpc) is 2.48. The molecule has 0 fully saturated rings. The minimum Gasteiger partial charge on any atom is -0.353 e. The minimum absolute atomic E-state index is 0.344. The lowest BCUT2D eigenvalue weighted by molar-refractivity contribution is 0.107. The van der Waals surface area contributed by atoms with Crippen molar-refractivity contribution in [3.63, 3.8) is 0 Å². The van der Waals surface area contributed by atoms with Gasteiger partial charge in [-0.15, -0.1) is 0 Å². The molecule has 0 saturated heterocycles. The summed E-state index contributed by atoms with van der Waals surface area (Å²) >= 11 is 0. The van der Waals surface area contributed by atoms with Crippen molar-refractivity contribution in [2.24, 2.45) is 7.05 Å². The van der Waals surface area contributed by atoms with Crippen molar-refractivity contribution < 1.29 is 9.63 Å². The van der Waals surface area contributed by atoms with Crippen LogP contribution in [0.25, 0.3) is 0 Å². The second-order valence-electron chi connectivity index (χ2n) is 2.60. The molecule has 0 atom stereocenters. The van der Waals surface area contributed by atoms with Gasteiger partial charge in [-0.1, -0.05) is 0 Å². The van der Waals surface area contributed by atoms with E-state index in [4.69, 9.17) is 0 Å². The second-order valence-corrected chi connectivity index (χ2v) is 2.60. The van der Waals surface area contributed by atoms with Gasteiger partial charge in [0.05, 0.1) is 13.7 Å². The standard InChI is InChI=1S/C8H13N3O2/c1-11-5-3-4-7(11)6-9-8(12)10-13-2/h3-5H,6H2,1-2H3,(H2,9,10,12). The van der Waals surface area contributed by atoms with Crippen molar-refractivity contribution in [1.29, 1.82) is 0 Å². The normalized spacial score (nSPS) is 9.69. The number of aryl methyl sites for hydroxylation is 1.